The van der Waals surface area contributed by atoms with Crippen LogP contribution in [0.3, 0.4) is 0 Å². The minimum absolute atomic E-state index is 0.595. The zero-order chi connectivity index (χ0) is 17.8. The predicted octanol–water partition coefficient (Wildman–Crippen LogP) is 5.46. The van der Waals surface area contributed by atoms with Crippen molar-refractivity contribution in [3.8, 4) is 5.75 Å². The standard InChI is InChI=1S/C12H22N3O6P3/c1-11-9-7-8-10-12(11)21-24(20-6)14-22(16-2,17-3)13-23(15-24,18-4)19-5/h7-10H,1-6H3. The van der Waals surface area contributed by atoms with Crippen LogP contribution in [0.15, 0.2) is 37.8 Å². The molecule has 0 bridgehead atoms. The Balaban J connectivity index is 2.71. The summed E-state index contributed by atoms with van der Waals surface area (Å²) in [5, 5.41) is 0. The minimum Gasteiger partial charge on any atom is -0.422 e. The Kier molecular flexibility index (Phi) is 6.46. The molecule has 1 aliphatic heterocycles. The van der Waals surface area contributed by atoms with Gasteiger partial charge in [0, 0.05) is 35.5 Å². The Labute approximate surface area is 142 Å². The molecule has 12 heteroatoms. The van der Waals surface area contributed by atoms with Crippen LogP contribution in [0, 0.1) is 6.92 Å². The van der Waals surface area contributed by atoms with Crippen molar-refractivity contribution < 1.29 is 27.1 Å². The molecule has 0 saturated carbocycles. The van der Waals surface area contributed by atoms with Crippen LogP contribution in [0.5, 0.6) is 5.75 Å². The van der Waals surface area contributed by atoms with E-state index in [1.165, 1.54) is 35.5 Å². The van der Waals surface area contributed by atoms with Crippen LogP contribution in [-0.2, 0) is 22.6 Å². The number of aryl methyl sites for hydroxylation is 1. The van der Waals surface area contributed by atoms with Crippen LogP contribution in [0.1, 0.15) is 5.56 Å². The normalized spacial score (nSPS) is 24.4. The van der Waals surface area contributed by atoms with Gasteiger partial charge in [-0.25, -0.2) is 0 Å². The molecule has 1 aromatic carbocycles. The van der Waals surface area contributed by atoms with Gasteiger partial charge in [-0.2, -0.15) is 0 Å². The van der Waals surface area contributed by atoms with Gasteiger partial charge in [0.1, 0.15) is 5.75 Å². The molecule has 0 N–H and O–H groups in total. The van der Waals surface area contributed by atoms with Gasteiger partial charge in [-0.15, -0.1) is 13.5 Å². The molecule has 0 aliphatic carbocycles. The van der Waals surface area contributed by atoms with Crippen molar-refractivity contribution in [3.05, 3.63) is 29.8 Å². The smallest absolute Gasteiger partial charge is 0.402 e. The highest BCUT2D eigenvalue weighted by Crippen LogP contribution is 2.79. The lowest BCUT2D eigenvalue weighted by Gasteiger charge is -2.30. The molecule has 1 unspecified atom stereocenters. The molecule has 0 radical (unpaired) electrons. The van der Waals surface area contributed by atoms with Crippen LogP contribution in [0.2, 0.25) is 0 Å². The van der Waals surface area contributed by atoms with Gasteiger partial charge in [-0.1, -0.05) is 18.2 Å². The van der Waals surface area contributed by atoms with Crippen molar-refractivity contribution in [2.45, 2.75) is 6.92 Å². The minimum atomic E-state index is -3.17. The average molecular weight is 397 g/mol. The summed E-state index contributed by atoms with van der Waals surface area (Å²) in [6, 6.07) is 7.49. The van der Waals surface area contributed by atoms with Gasteiger partial charge in [0.2, 0.25) is 0 Å². The monoisotopic (exact) mass is 397 g/mol. The third-order valence-electron chi connectivity index (χ3n) is 3.18. The van der Waals surface area contributed by atoms with E-state index in [2.05, 4.69) is 13.5 Å². The molecule has 0 aromatic heterocycles. The summed E-state index contributed by atoms with van der Waals surface area (Å²) in [5.74, 6) is 0.595. The number of nitrogens with zero attached hydrogens (tertiary/aromatic N) is 3. The Bertz CT molecular complexity index is 739. The lowest BCUT2D eigenvalue weighted by atomic mass is 10.2. The second kappa shape index (κ2) is 7.81. The summed E-state index contributed by atoms with van der Waals surface area (Å²) in [5.41, 5.74) is 0.916. The van der Waals surface area contributed by atoms with Crippen molar-refractivity contribution >= 4 is 23.0 Å². The fraction of sp³-hybridized carbons (Fsp3) is 0.500. The molecule has 0 saturated heterocycles. The van der Waals surface area contributed by atoms with Gasteiger partial charge in [0.15, 0.2) is 0 Å². The van der Waals surface area contributed by atoms with Crippen molar-refractivity contribution in [1.82, 2.24) is 0 Å². The molecule has 0 amide bonds. The summed E-state index contributed by atoms with van der Waals surface area (Å²) in [6.07, 6.45) is 0. The van der Waals surface area contributed by atoms with Crippen LogP contribution < -0.4 is 4.52 Å². The number of hydrogen-bond acceptors (Lipinski definition) is 9. The summed E-state index contributed by atoms with van der Waals surface area (Å²) >= 11 is 0. The Morgan fingerprint density at radius 3 is 1.54 bits per heavy atom. The first-order valence-electron chi connectivity index (χ1n) is 6.87. The van der Waals surface area contributed by atoms with E-state index >= 15 is 0 Å². The molecule has 136 valence electrons. The van der Waals surface area contributed by atoms with Gasteiger partial charge < -0.3 is 27.1 Å². The second-order valence-corrected chi connectivity index (χ2v) is 11.6. The van der Waals surface area contributed by atoms with Gasteiger partial charge in [-0.3, -0.25) is 0 Å². The highest BCUT2D eigenvalue weighted by Gasteiger charge is 2.41. The van der Waals surface area contributed by atoms with Gasteiger partial charge >= 0.3 is 23.0 Å². The van der Waals surface area contributed by atoms with Crippen molar-refractivity contribution in [3.63, 3.8) is 0 Å². The van der Waals surface area contributed by atoms with Crippen LogP contribution in [0.25, 0.3) is 0 Å². The maximum Gasteiger partial charge on any atom is 0.402 e. The van der Waals surface area contributed by atoms with Crippen molar-refractivity contribution in [1.29, 1.82) is 0 Å². The topological polar surface area (TPSA) is 92.5 Å². The van der Waals surface area contributed by atoms with E-state index in [0.717, 1.165) is 5.56 Å². The molecule has 0 fully saturated rings. The summed E-state index contributed by atoms with van der Waals surface area (Å²) in [6.45, 7) is 1.92. The SMILES string of the molecule is COP1(OC)=NP(OC)(OC)=NP(OC)(Oc2ccccc2C)=N1. The highest BCUT2D eigenvalue weighted by molar-refractivity contribution is 7.78. The lowest BCUT2D eigenvalue weighted by molar-refractivity contribution is 0.308. The Morgan fingerprint density at radius 2 is 1.08 bits per heavy atom. The molecule has 1 aliphatic rings. The number of hydrogen-bond donors (Lipinski definition) is 0. The molecular weight excluding hydrogens is 375 g/mol. The molecule has 9 nitrogen and oxygen atoms in total. The first-order valence-corrected chi connectivity index (χ1v) is 11.5. The van der Waals surface area contributed by atoms with E-state index in [1.807, 2.05) is 31.2 Å². The fourth-order valence-electron chi connectivity index (χ4n) is 1.86. The highest BCUT2D eigenvalue weighted by atomic mass is 31.3. The van der Waals surface area contributed by atoms with E-state index in [0.29, 0.717) is 5.75 Å². The maximum atomic E-state index is 6.07. The van der Waals surface area contributed by atoms with Crippen molar-refractivity contribution in [2.24, 2.45) is 13.5 Å². The van der Waals surface area contributed by atoms with Crippen molar-refractivity contribution in [2.75, 3.05) is 35.5 Å². The zero-order valence-corrected chi connectivity index (χ0v) is 17.1. The first-order chi connectivity index (χ1) is 11.4. The van der Waals surface area contributed by atoms with E-state index in [1.54, 1.807) is 0 Å². The van der Waals surface area contributed by atoms with E-state index in [9.17, 15) is 0 Å². The van der Waals surface area contributed by atoms with Crippen LogP contribution in [0.4, 0.5) is 0 Å². The van der Waals surface area contributed by atoms with E-state index < -0.39 is 23.0 Å². The largest absolute Gasteiger partial charge is 0.422 e. The van der Waals surface area contributed by atoms with E-state index in [-0.39, 0.29) is 0 Å². The Morgan fingerprint density at radius 1 is 0.667 bits per heavy atom. The van der Waals surface area contributed by atoms with Gasteiger partial charge in [0.25, 0.3) is 0 Å². The number of para-hydroxylation sites is 1. The average Bonchev–Trinajstić information content (AvgIpc) is 2.63. The quantitative estimate of drug-likeness (QED) is 0.568. The second-order valence-electron chi connectivity index (χ2n) is 4.51. The van der Waals surface area contributed by atoms with Gasteiger partial charge in [-0.05, 0) is 18.6 Å². The Hall–Kier alpha value is -0.490. The summed E-state index contributed by atoms with van der Waals surface area (Å²) in [7, 11) is -1.99. The third kappa shape index (κ3) is 3.85. The lowest BCUT2D eigenvalue weighted by Crippen LogP contribution is -2.01. The molecule has 0 spiro atoms. The molecule has 1 aromatic rings. The fourth-order valence-corrected chi connectivity index (χ4v) is 10.7. The molecule has 2 rings (SSSR count). The molecule has 24 heavy (non-hydrogen) atoms. The summed E-state index contributed by atoms with van der Waals surface area (Å²) < 4.78 is 46.8. The van der Waals surface area contributed by atoms with E-state index in [4.69, 9.17) is 27.1 Å². The molecular formula is C12H22N3O6P3. The number of rotatable bonds is 7. The zero-order valence-electron chi connectivity index (χ0n) is 14.4. The third-order valence-corrected chi connectivity index (χ3v) is 11.4. The van der Waals surface area contributed by atoms with Crippen LogP contribution >= 0.6 is 23.0 Å². The predicted molar refractivity (Wildman–Crippen MR) is 94.9 cm³/mol. The maximum absolute atomic E-state index is 6.07. The van der Waals surface area contributed by atoms with Crippen LogP contribution in [-0.4, -0.2) is 35.5 Å². The number of benzene rings is 1. The summed E-state index contributed by atoms with van der Waals surface area (Å²) in [4.78, 5) is 0. The first kappa shape index (κ1) is 19.8. The molecule has 1 atom stereocenters. The molecule has 1 heterocycles. The van der Waals surface area contributed by atoms with Gasteiger partial charge in [0.05, 0.1) is 0 Å².